The Morgan fingerprint density at radius 1 is 1.36 bits per heavy atom. The Bertz CT molecular complexity index is 500. The maximum Gasteiger partial charge on any atom is 0.220 e. The topological polar surface area (TPSA) is 41.1 Å². The van der Waals surface area contributed by atoms with Crippen LogP contribution in [0.4, 0.5) is 0 Å². The lowest BCUT2D eigenvalue weighted by Gasteiger charge is -2.28. The quantitative estimate of drug-likeness (QED) is 0.893. The monoisotopic (exact) mass is 322 g/mol. The molecule has 3 nitrogen and oxygen atoms in total. The minimum atomic E-state index is 0. The SMILES string of the molecule is CC(CC(=O)NC1CCc2ccccc21)C1CCCNC1.Cl. The summed E-state index contributed by atoms with van der Waals surface area (Å²) < 4.78 is 0. The van der Waals surface area contributed by atoms with E-state index >= 15 is 0 Å². The van der Waals surface area contributed by atoms with Gasteiger partial charge < -0.3 is 10.6 Å². The molecule has 0 saturated carbocycles. The van der Waals surface area contributed by atoms with Crippen molar-refractivity contribution in [2.24, 2.45) is 11.8 Å². The van der Waals surface area contributed by atoms with Gasteiger partial charge in [0.2, 0.25) is 5.91 Å². The fourth-order valence-electron chi connectivity index (χ4n) is 3.78. The third-order valence-electron chi connectivity index (χ3n) is 5.12. The summed E-state index contributed by atoms with van der Waals surface area (Å²) in [6.07, 6.45) is 5.29. The fraction of sp³-hybridized carbons (Fsp3) is 0.611. The van der Waals surface area contributed by atoms with Crippen LogP contribution in [0, 0.1) is 11.8 Å². The van der Waals surface area contributed by atoms with Gasteiger partial charge in [-0.05, 0) is 61.7 Å². The lowest BCUT2D eigenvalue weighted by Crippen LogP contribution is -2.36. The molecular weight excluding hydrogens is 296 g/mol. The van der Waals surface area contributed by atoms with Gasteiger partial charge in [-0.1, -0.05) is 31.2 Å². The molecule has 4 heteroatoms. The Hall–Kier alpha value is -1.06. The van der Waals surface area contributed by atoms with Gasteiger partial charge in [-0.25, -0.2) is 0 Å². The van der Waals surface area contributed by atoms with E-state index in [1.165, 1.54) is 24.0 Å². The van der Waals surface area contributed by atoms with Gasteiger partial charge in [0.15, 0.2) is 0 Å². The number of carbonyl (C=O) groups excluding carboxylic acids is 1. The molecule has 0 bridgehead atoms. The summed E-state index contributed by atoms with van der Waals surface area (Å²) in [6.45, 7) is 4.43. The Kier molecular flexibility index (Phi) is 6.27. The predicted molar refractivity (Wildman–Crippen MR) is 92.3 cm³/mol. The van der Waals surface area contributed by atoms with Crippen molar-refractivity contribution >= 4 is 18.3 Å². The van der Waals surface area contributed by atoms with E-state index in [0.717, 1.165) is 25.9 Å². The van der Waals surface area contributed by atoms with E-state index in [1.54, 1.807) is 0 Å². The standard InChI is InChI=1S/C18H26N2O.ClH/c1-13(15-6-4-10-19-12-15)11-18(21)20-17-9-8-14-5-2-3-7-16(14)17;/h2-3,5,7,13,15,17,19H,4,6,8-12H2,1H3,(H,20,21);1H. The van der Waals surface area contributed by atoms with Gasteiger partial charge in [-0.3, -0.25) is 4.79 Å². The molecule has 0 aromatic heterocycles. The second-order valence-electron chi connectivity index (χ2n) is 6.65. The number of aryl methyl sites for hydroxylation is 1. The first-order valence-corrected chi connectivity index (χ1v) is 8.32. The molecule has 2 N–H and O–H groups in total. The Morgan fingerprint density at radius 3 is 2.95 bits per heavy atom. The molecule has 22 heavy (non-hydrogen) atoms. The van der Waals surface area contributed by atoms with Crippen molar-refractivity contribution in [1.82, 2.24) is 10.6 Å². The maximum atomic E-state index is 12.3. The number of hydrogen-bond acceptors (Lipinski definition) is 2. The van der Waals surface area contributed by atoms with E-state index in [4.69, 9.17) is 0 Å². The molecule has 1 aliphatic carbocycles. The molecule has 1 saturated heterocycles. The molecule has 3 atom stereocenters. The lowest BCUT2D eigenvalue weighted by molar-refractivity contribution is -0.123. The number of carbonyl (C=O) groups is 1. The highest BCUT2D eigenvalue weighted by atomic mass is 35.5. The minimum absolute atomic E-state index is 0. The van der Waals surface area contributed by atoms with E-state index in [0.29, 0.717) is 18.3 Å². The minimum Gasteiger partial charge on any atom is -0.349 e. The highest BCUT2D eigenvalue weighted by Crippen LogP contribution is 2.31. The first-order valence-electron chi connectivity index (χ1n) is 8.32. The zero-order chi connectivity index (χ0) is 14.7. The summed E-state index contributed by atoms with van der Waals surface area (Å²) in [5.41, 5.74) is 2.71. The molecule has 1 fully saturated rings. The Labute approximate surface area is 139 Å². The van der Waals surface area contributed by atoms with Gasteiger partial charge in [0.05, 0.1) is 6.04 Å². The fourth-order valence-corrected chi connectivity index (χ4v) is 3.78. The van der Waals surface area contributed by atoms with Gasteiger partial charge in [0, 0.05) is 6.42 Å². The van der Waals surface area contributed by atoms with Crippen molar-refractivity contribution in [1.29, 1.82) is 0 Å². The van der Waals surface area contributed by atoms with Crippen LogP contribution in [0.3, 0.4) is 0 Å². The molecule has 3 unspecified atom stereocenters. The summed E-state index contributed by atoms with van der Waals surface area (Å²) in [6, 6.07) is 8.71. The molecule has 2 aliphatic rings. The average molecular weight is 323 g/mol. The number of benzene rings is 1. The van der Waals surface area contributed by atoms with Crippen molar-refractivity contribution in [2.45, 2.75) is 45.1 Å². The van der Waals surface area contributed by atoms with Crippen LogP contribution in [-0.4, -0.2) is 19.0 Å². The predicted octanol–water partition coefficient (Wildman–Crippen LogP) is 3.24. The maximum absolute atomic E-state index is 12.3. The van der Waals surface area contributed by atoms with Crippen molar-refractivity contribution < 1.29 is 4.79 Å². The number of rotatable bonds is 4. The Balaban J connectivity index is 0.00000176. The smallest absolute Gasteiger partial charge is 0.220 e. The molecule has 1 heterocycles. The summed E-state index contributed by atoms with van der Waals surface area (Å²) in [7, 11) is 0. The molecule has 0 spiro atoms. The molecule has 122 valence electrons. The summed E-state index contributed by atoms with van der Waals surface area (Å²) in [4.78, 5) is 12.3. The summed E-state index contributed by atoms with van der Waals surface area (Å²) in [5.74, 6) is 1.34. The first kappa shape index (κ1) is 17.3. The summed E-state index contributed by atoms with van der Waals surface area (Å²) in [5, 5.41) is 6.69. The van der Waals surface area contributed by atoms with Gasteiger partial charge in [0.25, 0.3) is 0 Å². The van der Waals surface area contributed by atoms with Gasteiger partial charge >= 0.3 is 0 Å². The highest BCUT2D eigenvalue weighted by Gasteiger charge is 2.26. The number of nitrogens with one attached hydrogen (secondary N) is 2. The molecule has 1 aromatic rings. The van der Waals surface area contributed by atoms with Crippen LogP contribution in [0.1, 0.15) is 49.8 Å². The molecule has 1 aliphatic heterocycles. The van der Waals surface area contributed by atoms with E-state index in [2.05, 4.69) is 41.8 Å². The van der Waals surface area contributed by atoms with Crippen LogP contribution >= 0.6 is 12.4 Å². The molecule has 0 radical (unpaired) electrons. The van der Waals surface area contributed by atoms with Crippen LogP contribution in [0.5, 0.6) is 0 Å². The van der Waals surface area contributed by atoms with E-state index in [1.807, 2.05) is 0 Å². The number of halogens is 1. The molecule has 1 amide bonds. The number of amides is 1. The van der Waals surface area contributed by atoms with Crippen LogP contribution < -0.4 is 10.6 Å². The molecule has 3 rings (SSSR count). The van der Waals surface area contributed by atoms with E-state index in [9.17, 15) is 4.79 Å². The molecular formula is C18H27ClN2O. The Morgan fingerprint density at radius 2 is 2.18 bits per heavy atom. The second-order valence-corrected chi connectivity index (χ2v) is 6.65. The molecule has 1 aromatic carbocycles. The average Bonchev–Trinajstić information content (AvgIpc) is 2.91. The van der Waals surface area contributed by atoms with Crippen LogP contribution in [0.25, 0.3) is 0 Å². The number of fused-ring (bicyclic) bond motifs is 1. The number of hydrogen-bond donors (Lipinski definition) is 2. The highest BCUT2D eigenvalue weighted by molar-refractivity contribution is 5.85. The zero-order valence-electron chi connectivity index (χ0n) is 13.3. The van der Waals surface area contributed by atoms with E-state index in [-0.39, 0.29) is 24.4 Å². The van der Waals surface area contributed by atoms with Gasteiger partial charge in [0.1, 0.15) is 0 Å². The second kappa shape index (κ2) is 7.98. The normalized spacial score (nSPS) is 25.0. The largest absolute Gasteiger partial charge is 0.349 e. The first-order chi connectivity index (χ1) is 10.2. The number of piperidine rings is 1. The third kappa shape index (κ3) is 4.02. The van der Waals surface area contributed by atoms with Crippen LogP contribution in [-0.2, 0) is 11.2 Å². The van der Waals surface area contributed by atoms with Gasteiger partial charge in [-0.15, -0.1) is 12.4 Å². The lowest BCUT2D eigenvalue weighted by atomic mass is 9.85. The van der Waals surface area contributed by atoms with Crippen molar-refractivity contribution in [3.8, 4) is 0 Å². The van der Waals surface area contributed by atoms with Gasteiger partial charge in [-0.2, -0.15) is 0 Å². The van der Waals surface area contributed by atoms with Crippen molar-refractivity contribution in [2.75, 3.05) is 13.1 Å². The third-order valence-corrected chi connectivity index (χ3v) is 5.12. The van der Waals surface area contributed by atoms with E-state index < -0.39 is 0 Å². The van der Waals surface area contributed by atoms with Crippen molar-refractivity contribution in [3.05, 3.63) is 35.4 Å². The summed E-state index contributed by atoms with van der Waals surface area (Å²) >= 11 is 0. The van der Waals surface area contributed by atoms with Crippen LogP contribution in [0.2, 0.25) is 0 Å². The van der Waals surface area contributed by atoms with Crippen LogP contribution in [0.15, 0.2) is 24.3 Å². The zero-order valence-corrected chi connectivity index (χ0v) is 14.1. The van der Waals surface area contributed by atoms with Crippen molar-refractivity contribution in [3.63, 3.8) is 0 Å².